The average Bonchev–Trinajstić information content (AvgIpc) is 4.04. The van der Waals surface area contributed by atoms with Crippen LogP contribution in [0, 0.1) is 16.7 Å². The molecular weight excluding hydrogens is 853 g/mol. The molecule has 4 fully saturated rings. The highest BCUT2D eigenvalue weighted by Crippen LogP contribution is 2.44. The van der Waals surface area contributed by atoms with Gasteiger partial charge in [-0.3, -0.25) is 34.0 Å². The number of aromatic nitrogens is 2. The van der Waals surface area contributed by atoms with Crippen molar-refractivity contribution >= 4 is 40.5 Å². The first-order valence-electron chi connectivity index (χ1n) is 23.9. The van der Waals surface area contributed by atoms with Crippen LogP contribution in [0.2, 0.25) is 0 Å². The molecule has 67 heavy (non-hydrogen) atoms. The maximum absolute atomic E-state index is 14.8. The average molecular weight is 917 g/mol. The highest BCUT2D eigenvalue weighted by atomic mass is 16.5. The van der Waals surface area contributed by atoms with Crippen molar-refractivity contribution in [3.8, 4) is 28.1 Å². The number of hydrazine groups is 1. The maximum Gasteiger partial charge on any atom is 0.324 e. The van der Waals surface area contributed by atoms with Gasteiger partial charge in [-0.15, -0.1) is 0 Å². The Morgan fingerprint density at radius 1 is 1.04 bits per heavy atom. The van der Waals surface area contributed by atoms with Gasteiger partial charge < -0.3 is 39.6 Å². The van der Waals surface area contributed by atoms with E-state index in [0.717, 1.165) is 44.5 Å². The molecule has 1 unspecified atom stereocenters. The van der Waals surface area contributed by atoms with E-state index in [1.165, 1.54) is 5.01 Å². The summed E-state index contributed by atoms with van der Waals surface area (Å²) in [4.78, 5) is 78.4. The third-order valence-corrected chi connectivity index (χ3v) is 14.5. The fourth-order valence-corrected chi connectivity index (χ4v) is 10.8. The van der Waals surface area contributed by atoms with Gasteiger partial charge in [0, 0.05) is 80.9 Å². The zero-order chi connectivity index (χ0) is 47.5. The van der Waals surface area contributed by atoms with E-state index < -0.39 is 46.7 Å². The quantitative estimate of drug-likeness (QED) is 0.136. The Bertz CT molecular complexity index is 2610. The number of carbonyl (C=O) groups is 5. The molecule has 4 N–H and O–H groups in total. The molecule has 1 spiro atoms. The first-order valence-corrected chi connectivity index (χ1v) is 23.9. The molecule has 0 saturated carbocycles. The van der Waals surface area contributed by atoms with Crippen LogP contribution in [0.25, 0.3) is 33.3 Å². The Labute approximate surface area is 391 Å². The van der Waals surface area contributed by atoms with Crippen LogP contribution in [0.1, 0.15) is 83.7 Å². The first kappa shape index (κ1) is 46.3. The number of esters is 1. The lowest BCUT2D eigenvalue weighted by molar-refractivity contribution is -0.157. The van der Waals surface area contributed by atoms with Gasteiger partial charge in [0.25, 0.3) is 5.91 Å². The van der Waals surface area contributed by atoms with Crippen LogP contribution in [0.5, 0.6) is 5.75 Å². The summed E-state index contributed by atoms with van der Waals surface area (Å²) in [5.41, 5.74) is 8.89. The Morgan fingerprint density at radius 2 is 1.82 bits per heavy atom. The summed E-state index contributed by atoms with van der Waals surface area (Å²) in [5.74, 6) is -1.86. The number of fused-ring (bicyclic) bond motifs is 6. The molecule has 4 aromatic rings. The van der Waals surface area contributed by atoms with Crippen LogP contribution in [0.3, 0.4) is 0 Å². The molecule has 7 heterocycles. The number of amides is 4. The van der Waals surface area contributed by atoms with Crippen molar-refractivity contribution in [3.63, 3.8) is 0 Å². The molecule has 2 aromatic heterocycles. The molecule has 16 heteroatoms. The standard InChI is InChI=1S/C51H64N8O8/c1-8-57-41-14-13-32-23-36(41)37(44(57)35-11-9-16-52-42(35)30(4)66-7)24-50(5,6)28-67-48(64)38-12-10-17-59(55-38)47(63)39(21-31-19-33(32)22-34(60)20-31)54-45(61)43(29(2)3)58-18-15-51(49(58)65)26-56(27-51)46(62)40-25-53-40/h9,11,13-14,16,19-20,22-23,29-30,38-40,43,53,55,60H,8,10,12,15,17-18,21,24-28H2,1-7H3,(H,54,61)/t30-,38-,39-,40-,43?/m0/s1. The SMILES string of the molecule is CCn1c(-c2cccnc2[C@H](C)OC)c2c3cc(ccc31)-c1cc(O)cc(c1)C[C@H](NC(=O)C(C(C)C)N1CCC3(CN(C(=O)[C@@H]4CN4)C3)C1=O)C(=O)N1CCC[C@H](N1)C(=O)OCC(C)(C)C2. The molecule has 9 rings (SSSR count). The minimum Gasteiger partial charge on any atom is -0.508 e. The number of likely N-dealkylation sites (tertiary alicyclic amines) is 2. The number of rotatable bonds is 9. The zero-order valence-electron chi connectivity index (χ0n) is 39.7. The summed E-state index contributed by atoms with van der Waals surface area (Å²) in [5, 5.41) is 19.9. The highest BCUT2D eigenvalue weighted by molar-refractivity contribution is 5.97. The number of benzene rings is 2. The molecule has 5 aliphatic heterocycles. The van der Waals surface area contributed by atoms with Crippen molar-refractivity contribution in [1.82, 2.24) is 40.4 Å². The molecule has 356 valence electrons. The number of phenolic OH excluding ortho intramolecular Hbond substituents is 1. The van der Waals surface area contributed by atoms with Gasteiger partial charge in [0.15, 0.2) is 0 Å². The molecule has 2 aromatic carbocycles. The number of phenols is 1. The van der Waals surface area contributed by atoms with Gasteiger partial charge in [-0.2, -0.15) is 0 Å². The van der Waals surface area contributed by atoms with Gasteiger partial charge in [-0.1, -0.05) is 39.8 Å². The van der Waals surface area contributed by atoms with Crippen molar-refractivity contribution in [3.05, 3.63) is 71.5 Å². The molecular formula is C51H64N8O8. The Hall–Kier alpha value is -5.84. The number of nitrogens with zero attached hydrogens (tertiary/aromatic N) is 5. The minimum absolute atomic E-state index is 0.00123. The van der Waals surface area contributed by atoms with Crippen LogP contribution in [-0.2, 0) is 52.8 Å². The monoisotopic (exact) mass is 916 g/mol. The summed E-state index contributed by atoms with van der Waals surface area (Å²) in [6.07, 6.45) is 3.54. The second-order valence-corrected chi connectivity index (χ2v) is 20.4. The fraction of sp³-hybridized carbons (Fsp3) is 0.529. The van der Waals surface area contributed by atoms with Crippen LogP contribution in [-0.4, -0.2) is 130 Å². The number of pyridine rings is 1. The summed E-state index contributed by atoms with van der Waals surface area (Å²) in [6, 6.07) is 12.5. The molecule has 6 bridgehead atoms. The van der Waals surface area contributed by atoms with Crippen molar-refractivity contribution in [2.45, 2.75) is 110 Å². The lowest BCUT2D eigenvalue weighted by atomic mass is 9.78. The van der Waals surface area contributed by atoms with E-state index in [2.05, 4.69) is 59.6 Å². The first-order chi connectivity index (χ1) is 32.0. The second kappa shape index (κ2) is 18.0. The maximum atomic E-state index is 14.8. The Kier molecular flexibility index (Phi) is 12.4. The Morgan fingerprint density at radius 3 is 2.54 bits per heavy atom. The third kappa shape index (κ3) is 8.79. The zero-order valence-corrected chi connectivity index (χ0v) is 39.7. The number of cyclic esters (lactones) is 1. The molecule has 4 saturated heterocycles. The normalized spacial score (nSPS) is 23.5. The smallest absolute Gasteiger partial charge is 0.324 e. The number of nitrogens with one attached hydrogen (secondary N) is 3. The van der Waals surface area contributed by atoms with Gasteiger partial charge in [0.2, 0.25) is 17.7 Å². The molecule has 0 radical (unpaired) electrons. The van der Waals surface area contributed by atoms with Crippen LogP contribution >= 0.6 is 0 Å². The van der Waals surface area contributed by atoms with E-state index in [1.807, 2.05) is 39.0 Å². The molecule has 5 atom stereocenters. The lowest BCUT2D eigenvalue weighted by Crippen LogP contribution is -2.64. The van der Waals surface area contributed by atoms with Crippen LogP contribution in [0.15, 0.2) is 54.7 Å². The summed E-state index contributed by atoms with van der Waals surface area (Å²) in [7, 11) is 1.67. The molecule has 0 aliphatic carbocycles. The van der Waals surface area contributed by atoms with E-state index in [-0.39, 0.29) is 55.2 Å². The van der Waals surface area contributed by atoms with Gasteiger partial charge in [0.1, 0.15) is 23.9 Å². The van der Waals surface area contributed by atoms with Crippen molar-refractivity contribution < 1.29 is 38.6 Å². The summed E-state index contributed by atoms with van der Waals surface area (Å²) in [6.45, 7) is 14.7. The lowest BCUT2D eigenvalue weighted by Gasteiger charge is -2.46. The van der Waals surface area contributed by atoms with Crippen LogP contribution in [0.4, 0.5) is 0 Å². The third-order valence-electron chi connectivity index (χ3n) is 14.5. The number of methoxy groups -OCH3 is 1. The number of ether oxygens (including phenoxy) is 2. The van der Waals surface area contributed by atoms with Crippen molar-refractivity contribution in [1.29, 1.82) is 0 Å². The number of aromatic hydroxyl groups is 1. The van der Waals surface area contributed by atoms with Gasteiger partial charge >= 0.3 is 5.97 Å². The molecule has 4 amide bonds. The van der Waals surface area contributed by atoms with Gasteiger partial charge in [0.05, 0.1) is 35.6 Å². The van der Waals surface area contributed by atoms with Crippen molar-refractivity contribution in [2.24, 2.45) is 16.7 Å². The fourth-order valence-electron chi connectivity index (χ4n) is 10.8. The van der Waals surface area contributed by atoms with Gasteiger partial charge in [-0.05, 0) is 104 Å². The number of carbonyl (C=O) groups excluding carboxylic acids is 5. The van der Waals surface area contributed by atoms with E-state index in [0.29, 0.717) is 64.0 Å². The predicted octanol–water partition coefficient (Wildman–Crippen LogP) is 4.51. The van der Waals surface area contributed by atoms with E-state index in [9.17, 15) is 29.1 Å². The van der Waals surface area contributed by atoms with E-state index in [4.69, 9.17) is 14.5 Å². The van der Waals surface area contributed by atoms with Crippen molar-refractivity contribution in [2.75, 3.05) is 46.4 Å². The highest BCUT2D eigenvalue weighted by Gasteiger charge is 2.59. The molecule has 16 nitrogen and oxygen atoms in total. The molecule has 5 aliphatic rings. The largest absolute Gasteiger partial charge is 0.508 e. The predicted molar refractivity (Wildman–Crippen MR) is 251 cm³/mol. The topological polar surface area (TPSA) is 198 Å². The van der Waals surface area contributed by atoms with E-state index >= 15 is 0 Å². The minimum atomic E-state index is -1.14. The van der Waals surface area contributed by atoms with Crippen LogP contribution < -0.4 is 16.1 Å². The summed E-state index contributed by atoms with van der Waals surface area (Å²) < 4.78 is 14.2. The number of aryl methyl sites for hydroxylation is 1. The van der Waals surface area contributed by atoms with E-state index in [1.54, 1.807) is 35.2 Å². The second-order valence-electron chi connectivity index (χ2n) is 20.4. The Balaban J connectivity index is 1.09. The van der Waals surface area contributed by atoms with Gasteiger partial charge in [-0.25, -0.2) is 5.43 Å². The number of hydrogen-bond acceptors (Lipinski definition) is 11. The summed E-state index contributed by atoms with van der Waals surface area (Å²) >= 11 is 0. The number of hydrogen-bond donors (Lipinski definition) is 4.